The van der Waals surface area contributed by atoms with Crippen molar-refractivity contribution in [2.75, 3.05) is 0 Å². The Balaban J connectivity index is 1.30. The monoisotopic (exact) mass is 619 g/mol. The Morgan fingerprint density at radius 1 is 0.347 bits per heavy atom. The molecule has 0 radical (unpaired) electrons. The predicted octanol–water partition coefficient (Wildman–Crippen LogP) is 12.2. The summed E-state index contributed by atoms with van der Waals surface area (Å²) in [6, 6.07) is 62.7. The number of hydrogen-bond acceptors (Lipinski definition) is 1. The average Bonchev–Trinajstić information content (AvgIpc) is 3.64. The lowest BCUT2D eigenvalue weighted by Gasteiger charge is -2.31. The van der Waals surface area contributed by atoms with Gasteiger partial charge in [-0.05, 0) is 89.7 Å². The van der Waals surface area contributed by atoms with Gasteiger partial charge in [-0.15, -0.1) is 0 Å². The van der Waals surface area contributed by atoms with Crippen molar-refractivity contribution in [3.63, 3.8) is 0 Å². The number of benzene rings is 8. The molecule has 2 aliphatic rings. The lowest BCUT2D eigenvalue weighted by Crippen LogP contribution is -2.25. The van der Waals surface area contributed by atoms with E-state index >= 15 is 0 Å². The predicted molar refractivity (Wildman–Crippen MR) is 204 cm³/mol. The first-order valence-electron chi connectivity index (χ1n) is 17.1. The van der Waals surface area contributed by atoms with Gasteiger partial charge >= 0.3 is 0 Å². The highest BCUT2D eigenvalue weighted by atomic mass is 14.7. The van der Waals surface area contributed by atoms with Crippen LogP contribution in [0.25, 0.3) is 77.0 Å². The van der Waals surface area contributed by atoms with Gasteiger partial charge in [0.15, 0.2) is 0 Å². The molecule has 0 N–H and O–H groups in total. The van der Waals surface area contributed by atoms with Crippen LogP contribution >= 0.6 is 0 Å². The summed E-state index contributed by atoms with van der Waals surface area (Å²) in [5, 5.41) is 6.09. The van der Waals surface area contributed by atoms with Crippen LogP contribution < -0.4 is 0 Å². The Morgan fingerprint density at radius 2 is 0.857 bits per heavy atom. The van der Waals surface area contributed by atoms with Gasteiger partial charge in [0.2, 0.25) is 0 Å². The molecule has 8 aromatic carbocycles. The van der Waals surface area contributed by atoms with Crippen LogP contribution in [0.4, 0.5) is 0 Å². The van der Waals surface area contributed by atoms with Crippen molar-refractivity contribution < 1.29 is 0 Å². The first-order chi connectivity index (χ1) is 24.3. The topological polar surface area (TPSA) is 12.9 Å². The fourth-order valence-corrected chi connectivity index (χ4v) is 9.27. The van der Waals surface area contributed by atoms with Crippen LogP contribution in [0.15, 0.2) is 176 Å². The van der Waals surface area contributed by atoms with Gasteiger partial charge in [0, 0.05) is 22.4 Å². The lowest BCUT2D eigenvalue weighted by atomic mass is 9.70. The second-order valence-corrected chi connectivity index (χ2v) is 13.4. The molecule has 2 aliphatic carbocycles. The van der Waals surface area contributed by atoms with Gasteiger partial charge in [-0.25, -0.2) is 0 Å². The largest absolute Gasteiger partial charge is 0.256 e. The van der Waals surface area contributed by atoms with Crippen LogP contribution in [0.5, 0.6) is 0 Å². The third-order valence-corrected chi connectivity index (χ3v) is 11.1. The molecule has 0 atom stereocenters. The van der Waals surface area contributed by atoms with Crippen molar-refractivity contribution >= 4 is 32.4 Å². The van der Waals surface area contributed by atoms with Crippen LogP contribution in [0.1, 0.15) is 22.3 Å². The van der Waals surface area contributed by atoms with Gasteiger partial charge in [-0.2, -0.15) is 0 Å². The minimum Gasteiger partial charge on any atom is -0.256 e. The fourth-order valence-electron chi connectivity index (χ4n) is 9.27. The summed E-state index contributed by atoms with van der Waals surface area (Å²) in [5.74, 6) is 0. The van der Waals surface area contributed by atoms with Crippen molar-refractivity contribution in [3.05, 3.63) is 198 Å². The highest BCUT2D eigenvalue weighted by Gasteiger charge is 2.51. The zero-order valence-electron chi connectivity index (χ0n) is 26.7. The van der Waals surface area contributed by atoms with Crippen LogP contribution in [-0.4, -0.2) is 4.98 Å². The third-order valence-electron chi connectivity index (χ3n) is 11.1. The Kier molecular flexibility index (Phi) is 5.38. The summed E-state index contributed by atoms with van der Waals surface area (Å²) in [4.78, 5) is 5.07. The van der Waals surface area contributed by atoms with E-state index in [1.165, 1.54) is 93.7 Å². The molecule has 9 aromatic rings. The molecule has 1 nitrogen and oxygen atoms in total. The quantitative estimate of drug-likeness (QED) is 0.139. The molecule has 11 rings (SSSR count). The highest BCUT2D eigenvalue weighted by molar-refractivity contribution is 6.27. The number of fused-ring (bicyclic) bond motifs is 14. The Bertz CT molecular complexity index is 2760. The lowest BCUT2D eigenvalue weighted by molar-refractivity contribution is 0.794. The highest BCUT2D eigenvalue weighted by Crippen LogP contribution is 2.63. The van der Waals surface area contributed by atoms with Crippen molar-refractivity contribution in [3.8, 4) is 44.5 Å². The summed E-state index contributed by atoms with van der Waals surface area (Å²) in [6.45, 7) is 0. The maximum absolute atomic E-state index is 5.07. The Hall–Kier alpha value is -6.31. The second kappa shape index (κ2) is 9.86. The molecule has 0 unspecified atom stereocenters. The standard InChI is InChI=1S/C48H29N/c1-2-14-30(15-3-1)46-37-20-5-4-19-36(37)45(39-29-49-44-25-13-9-21-38(44)47(39)46)31-26-27-35-34-18-8-12-24-42(34)48(43(35)28-31)40-22-10-6-16-32(40)33-17-7-11-23-41(33)48/h1-29H. The average molecular weight is 620 g/mol. The summed E-state index contributed by atoms with van der Waals surface area (Å²) < 4.78 is 0. The van der Waals surface area contributed by atoms with E-state index in [9.17, 15) is 0 Å². The van der Waals surface area contributed by atoms with E-state index in [1.807, 2.05) is 0 Å². The molecule has 1 heteroatoms. The summed E-state index contributed by atoms with van der Waals surface area (Å²) in [7, 11) is 0. The number of aromatic nitrogens is 1. The second-order valence-electron chi connectivity index (χ2n) is 13.4. The maximum Gasteiger partial charge on any atom is 0.0725 e. The van der Waals surface area contributed by atoms with E-state index in [4.69, 9.17) is 4.98 Å². The normalized spacial score (nSPS) is 13.5. The van der Waals surface area contributed by atoms with E-state index in [0.29, 0.717) is 0 Å². The molecule has 1 aromatic heterocycles. The summed E-state index contributed by atoms with van der Waals surface area (Å²) in [5.41, 5.74) is 16.3. The molecular formula is C48H29N. The van der Waals surface area contributed by atoms with E-state index in [1.54, 1.807) is 0 Å². The maximum atomic E-state index is 5.07. The number of nitrogens with zero attached hydrogens (tertiary/aromatic N) is 1. The first kappa shape index (κ1) is 26.7. The Morgan fingerprint density at radius 3 is 1.51 bits per heavy atom. The minimum absolute atomic E-state index is 0.393. The molecule has 0 aliphatic heterocycles. The smallest absolute Gasteiger partial charge is 0.0725 e. The van der Waals surface area contributed by atoms with Crippen molar-refractivity contribution in [2.45, 2.75) is 5.41 Å². The molecule has 49 heavy (non-hydrogen) atoms. The summed E-state index contributed by atoms with van der Waals surface area (Å²) in [6.07, 6.45) is 2.11. The number of para-hydroxylation sites is 1. The SMILES string of the molecule is c1ccc(-c2c3ccccc3c(-c3ccc4c(c3)C3(c5ccccc5-c5ccccc53)c3ccccc3-4)c3cnc4ccccc4c23)cc1. The van der Waals surface area contributed by atoms with Crippen LogP contribution in [0.2, 0.25) is 0 Å². The molecule has 226 valence electrons. The van der Waals surface area contributed by atoms with E-state index < -0.39 is 5.41 Å². The zero-order valence-corrected chi connectivity index (χ0v) is 26.7. The minimum atomic E-state index is -0.393. The van der Waals surface area contributed by atoms with Crippen molar-refractivity contribution in [2.24, 2.45) is 0 Å². The van der Waals surface area contributed by atoms with Gasteiger partial charge in [0.25, 0.3) is 0 Å². The molecule has 1 spiro atoms. The Labute approximate surface area is 284 Å². The van der Waals surface area contributed by atoms with E-state index in [2.05, 4.69) is 176 Å². The van der Waals surface area contributed by atoms with Gasteiger partial charge in [-0.3, -0.25) is 4.98 Å². The molecule has 0 amide bonds. The number of hydrogen-bond donors (Lipinski definition) is 0. The van der Waals surface area contributed by atoms with Gasteiger partial charge < -0.3 is 0 Å². The van der Waals surface area contributed by atoms with Crippen LogP contribution in [0, 0.1) is 0 Å². The molecule has 0 saturated carbocycles. The molecular weight excluding hydrogens is 591 g/mol. The zero-order chi connectivity index (χ0) is 32.1. The molecule has 1 heterocycles. The van der Waals surface area contributed by atoms with Gasteiger partial charge in [0.05, 0.1) is 10.9 Å². The van der Waals surface area contributed by atoms with Crippen LogP contribution in [0.3, 0.4) is 0 Å². The number of rotatable bonds is 2. The number of pyridine rings is 1. The van der Waals surface area contributed by atoms with Crippen molar-refractivity contribution in [1.29, 1.82) is 0 Å². The molecule has 0 fully saturated rings. The fraction of sp³-hybridized carbons (Fsp3) is 0.0208. The molecule has 0 saturated heterocycles. The van der Waals surface area contributed by atoms with Gasteiger partial charge in [0.1, 0.15) is 0 Å². The van der Waals surface area contributed by atoms with Crippen molar-refractivity contribution in [1.82, 2.24) is 4.98 Å². The van der Waals surface area contributed by atoms with Crippen LogP contribution in [-0.2, 0) is 5.41 Å². The summed E-state index contributed by atoms with van der Waals surface area (Å²) >= 11 is 0. The molecule has 0 bridgehead atoms. The third kappa shape index (κ3) is 3.41. The van der Waals surface area contributed by atoms with E-state index in [-0.39, 0.29) is 0 Å². The first-order valence-corrected chi connectivity index (χ1v) is 17.1. The van der Waals surface area contributed by atoms with E-state index in [0.717, 1.165) is 5.52 Å². The van der Waals surface area contributed by atoms with Gasteiger partial charge in [-0.1, -0.05) is 158 Å².